The summed E-state index contributed by atoms with van der Waals surface area (Å²) in [6.07, 6.45) is 0.908. The topological polar surface area (TPSA) is 64.1 Å². The van der Waals surface area contributed by atoms with Gasteiger partial charge >= 0.3 is 6.09 Å². The fourth-order valence-electron chi connectivity index (χ4n) is 0.932. The van der Waals surface area contributed by atoms with E-state index in [4.69, 9.17) is 16.3 Å². The first-order valence-corrected chi connectivity index (χ1v) is 5.15. The quantitative estimate of drug-likeness (QED) is 0.824. The number of nitrogens with one attached hydrogen (secondary N) is 1. The maximum atomic E-state index is 11.4. The van der Waals surface area contributed by atoms with Gasteiger partial charge in [-0.25, -0.2) is 14.8 Å². The van der Waals surface area contributed by atoms with Crippen LogP contribution in [0.25, 0.3) is 0 Å². The number of aryl methyl sites for hydroxylation is 1. The van der Waals surface area contributed by atoms with Crippen LogP contribution in [0.3, 0.4) is 0 Å². The minimum atomic E-state index is -0.604. The zero-order valence-corrected chi connectivity index (χ0v) is 10.4. The van der Waals surface area contributed by atoms with Crippen LogP contribution in [0.4, 0.5) is 10.6 Å². The summed E-state index contributed by atoms with van der Waals surface area (Å²) in [5.74, 6) is 0.196. The number of aromatic nitrogens is 2. The lowest BCUT2D eigenvalue weighted by Crippen LogP contribution is -2.27. The second kappa shape index (κ2) is 4.65. The normalized spacial score (nSPS) is 11.1. The molecule has 0 saturated heterocycles. The molecule has 1 aromatic rings. The van der Waals surface area contributed by atoms with Crippen molar-refractivity contribution >= 4 is 23.5 Å². The van der Waals surface area contributed by atoms with Crippen LogP contribution in [0.1, 0.15) is 26.5 Å². The van der Waals surface area contributed by atoms with Gasteiger partial charge in [0.2, 0.25) is 0 Å². The van der Waals surface area contributed by atoms with Gasteiger partial charge in [-0.1, -0.05) is 11.6 Å². The zero-order chi connectivity index (χ0) is 12.3. The highest BCUT2D eigenvalue weighted by Crippen LogP contribution is 2.17. The standard InChI is InChI=1S/C10H14ClN3O2/c1-6-5-12-8(7(11)13-6)14-9(15)16-10(2,3)4/h5H,1-4H3,(H,12,14,15). The highest BCUT2D eigenvalue weighted by Gasteiger charge is 2.17. The molecule has 0 fully saturated rings. The Morgan fingerprint density at radius 3 is 2.62 bits per heavy atom. The van der Waals surface area contributed by atoms with Crippen molar-refractivity contribution in [1.29, 1.82) is 0 Å². The molecule has 1 aromatic heterocycles. The minimum Gasteiger partial charge on any atom is -0.444 e. The fourth-order valence-corrected chi connectivity index (χ4v) is 1.16. The van der Waals surface area contributed by atoms with Gasteiger partial charge in [0.05, 0.1) is 11.9 Å². The molecule has 0 atom stereocenters. The first-order valence-electron chi connectivity index (χ1n) is 4.77. The fraction of sp³-hybridized carbons (Fsp3) is 0.500. The molecule has 0 aromatic carbocycles. The molecule has 0 aliphatic carbocycles. The predicted octanol–water partition coefficient (Wildman–Crippen LogP) is 2.79. The Morgan fingerprint density at radius 2 is 2.12 bits per heavy atom. The molecule has 0 spiro atoms. The number of halogens is 1. The lowest BCUT2D eigenvalue weighted by Gasteiger charge is -2.19. The molecule has 1 rings (SSSR count). The van der Waals surface area contributed by atoms with Gasteiger partial charge in [-0.3, -0.25) is 5.32 Å². The van der Waals surface area contributed by atoms with E-state index in [0.717, 1.165) is 0 Å². The number of rotatable bonds is 1. The molecular weight excluding hydrogens is 230 g/mol. The Labute approximate surface area is 99.2 Å². The Hall–Kier alpha value is -1.36. The maximum absolute atomic E-state index is 11.4. The summed E-state index contributed by atoms with van der Waals surface area (Å²) < 4.78 is 5.05. The average Bonchev–Trinajstić information content (AvgIpc) is 2.06. The number of anilines is 1. The summed E-state index contributed by atoms with van der Waals surface area (Å²) in [4.78, 5) is 19.3. The maximum Gasteiger partial charge on any atom is 0.413 e. The summed E-state index contributed by atoms with van der Waals surface area (Å²) in [5, 5.41) is 2.57. The van der Waals surface area contributed by atoms with Crippen LogP contribution in [-0.2, 0) is 4.74 Å². The van der Waals surface area contributed by atoms with Crippen molar-refractivity contribution < 1.29 is 9.53 Å². The van der Waals surface area contributed by atoms with Gasteiger partial charge in [-0.2, -0.15) is 0 Å². The van der Waals surface area contributed by atoms with Crippen molar-refractivity contribution in [2.75, 3.05) is 5.32 Å². The Balaban J connectivity index is 2.70. The number of ether oxygens (including phenoxy) is 1. The van der Waals surface area contributed by atoms with Crippen LogP contribution in [0.5, 0.6) is 0 Å². The molecule has 0 aliphatic heterocycles. The van der Waals surface area contributed by atoms with Gasteiger partial charge in [-0.15, -0.1) is 0 Å². The molecule has 0 bridgehead atoms. The van der Waals surface area contributed by atoms with E-state index < -0.39 is 11.7 Å². The third-order valence-electron chi connectivity index (χ3n) is 1.47. The van der Waals surface area contributed by atoms with Gasteiger partial charge < -0.3 is 4.74 Å². The van der Waals surface area contributed by atoms with Crippen molar-refractivity contribution in [1.82, 2.24) is 9.97 Å². The van der Waals surface area contributed by atoms with Crippen molar-refractivity contribution in [3.8, 4) is 0 Å². The predicted molar refractivity (Wildman–Crippen MR) is 61.6 cm³/mol. The van der Waals surface area contributed by atoms with E-state index in [0.29, 0.717) is 5.69 Å². The molecule has 0 aliphatic rings. The van der Waals surface area contributed by atoms with Gasteiger partial charge in [0.1, 0.15) is 5.60 Å². The number of carbonyl (C=O) groups excluding carboxylic acids is 1. The van der Waals surface area contributed by atoms with Crippen molar-refractivity contribution in [3.63, 3.8) is 0 Å². The second-order valence-electron chi connectivity index (χ2n) is 4.28. The highest BCUT2D eigenvalue weighted by molar-refractivity contribution is 6.32. The SMILES string of the molecule is Cc1cnc(NC(=O)OC(C)(C)C)c(Cl)n1. The summed E-state index contributed by atoms with van der Waals surface area (Å²) in [7, 11) is 0. The molecule has 1 N–H and O–H groups in total. The smallest absolute Gasteiger partial charge is 0.413 e. The van der Waals surface area contributed by atoms with E-state index in [1.54, 1.807) is 27.7 Å². The number of nitrogens with zero attached hydrogens (tertiary/aromatic N) is 2. The summed E-state index contributed by atoms with van der Waals surface area (Å²) in [5.41, 5.74) is 0.119. The molecule has 6 heteroatoms. The summed E-state index contributed by atoms with van der Waals surface area (Å²) >= 11 is 5.80. The number of hydrogen-bond acceptors (Lipinski definition) is 4. The van der Waals surface area contributed by atoms with Crippen LogP contribution in [0.15, 0.2) is 6.20 Å². The van der Waals surface area contributed by atoms with Crippen molar-refractivity contribution in [2.45, 2.75) is 33.3 Å². The Morgan fingerprint density at radius 1 is 1.50 bits per heavy atom. The van der Waals surface area contributed by atoms with Crippen LogP contribution in [0.2, 0.25) is 5.15 Å². The Kier molecular flexibility index (Phi) is 3.70. The van der Waals surface area contributed by atoms with Crippen LogP contribution >= 0.6 is 11.6 Å². The van der Waals surface area contributed by atoms with Gasteiger partial charge in [0.15, 0.2) is 11.0 Å². The first-order chi connectivity index (χ1) is 7.28. The molecule has 0 saturated carbocycles. The molecule has 0 radical (unpaired) electrons. The minimum absolute atomic E-state index is 0.144. The Bertz CT molecular complexity index is 402. The van der Waals surface area contributed by atoms with Crippen molar-refractivity contribution in [3.05, 3.63) is 17.0 Å². The third kappa shape index (κ3) is 4.02. The van der Waals surface area contributed by atoms with Gasteiger partial charge in [-0.05, 0) is 27.7 Å². The number of hydrogen-bond donors (Lipinski definition) is 1. The first kappa shape index (κ1) is 12.7. The lowest BCUT2D eigenvalue weighted by atomic mass is 10.2. The second-order valence-corrected chi connectivity index (χ2v) is 4.64. The van der Waals surface area contributed by atoms with Crippen LogP contribution in [-0.4, -0.2) is 21.7 Å². The van der Waals surface area contributed by atoms with Crippen LogP contribution < -0.4 is 5.32 Å². The average molecular weight is 244 g/mol. The van der Waals surface area contributed by atoms with E-state index in [9.17, 15) is 4.79 Å². The number of amides is 1. The van der Waals surface area contributed by atoms with E-state index in [2.05, 4.69) is 15.3 Å². The van der Waals surface area contributed by atoms with Crippen molar-refractivity contribution in [2.24, 2.45) is 0 Å². The van der Waals surface area contributed by atoms with Gasteiger partial charge in [0, 0.05) is 0 Å². The van der Waals surface area contributed by atoms with E-state index >= 15 is 0 Å². The zero-order valence-electron chi connectivity index (χ0n) is 9.67. The summed E-state index contributed by atoms with van der Waals surface area (Å²) in [6.45, 7) is 7.08. The van der Waals surface area contributed by atoms with Crippen LogP contribution in [0, 0.1) is 6.92 Å². The monoisotopic (exact) mass is 243 g/mol. The molecule has 5 nitrogen and oxygen atoms in total. The third-order valence-corrected chi connectivity index (χ3v) is 1.73. The van der Waals surface area contributed by atoms with E-state index in [-0.39, 0.29) is 11.0 Å². The molecule has 1 heterocycles. The molecule has 1 amide bonds. The van der Waals surface area contributed by atoms with E-state index in [1.165, 1.54) is 6.20 Å². The molecular formula is C10H14ClN3O2. The lowest BCUT2D eigenvalue weighted by molar-refractivity contribution is 0.0635. The van der Waals surface area contributed by atoms with Gasteiger partial charge in [0.25, 0.3) is 0 Å². The molecule has 88 valence electrons. The highest BCUT2D eigenvalue weighted by atomic mass is 35.5. The molecule has 0 unspecified atom stereocenters. The summed E-state index contributed by atoms with van der Waals surface area (Å²) in [6, 6.07) is 0. The molecule has 16 heavy (non-hydrogen) atoms. The largest absolute Gasteiger partial charge is 0.444 e. The number of carbonyl (C=O) groups is 1. The van der Waals surface area contributed by atoms with E-state index in [1.807, 2.05) is 0 Å².